The molecule has 7 heteroatoms. The van der Waals surface area contributed by atoms with Gasteiger partial charge in [0.1, 0.15) is 18.0 Å². The number of amides is 2. The van der Waals surface area contributed by atoms with Gasteiger partial charge >= 0.3 is 12.0 Å². The Kier molecular flexibility index (Phi) is 4.57. The highest BCUT2D eigenvalue weighted by Gasteiger charge is 2.18. The molecule has 0 aliphatic heterocycles. The van der Waals surface area contributed by atoms with Gasteiger partial charge < -0.3 is 20.3 Å². The molecule has 1 rings (SSSR count). The lowest BCUT2D eigenvalue weighted by molar-refractivity contribution is -0.139. The Labute approximate surface area is 97.2 Å². The lowest BCUT2D eigenvalue weighted by Crippen LogP contribution is -2.45. The van der Waals surface area contributed by atoms with E-state index >= 15 is 0 Å². The average Bonchev–Trinajstić information content (AvgIpc) is 2.78. The number of aliphatic carboxylic acids is 1. The van der Waals surface area contributed by atoms with E-state index in [2.05, 4.69) is 26.2 Å². The van der Waals surface area contributed by atoms with E-state index in [-0.39, 0.29) is 13.0 Å². The van der Waals surface area contributed by atoms with E-state index in [9.17, 15) is 9.59 Å². The Morgan fingerprint density at radius 2 is 2.41 bits per heavy atom. The maximum Gasteiger partial charge on any atom is 0.327 e. The molecule has 1 aromatic heterocycles. The molecule has 0 aliphatic carbocycles. The normalized spacial score (nSPS) is 11.2. The van der Waals surface area contributed by atoms with Crippen LogP contribution in [-0.4, -0.2) is 28.3 Å². The molecule has 90 valence electrons. The summed E-state index contributed by atoms with van der Waals surface area (Å²) in [4.78, 5) is 22.0. The number of carboxylic acids is 1. The van der Waals surface area contributed by atoms with E-state index in [1.165, 1.54) is 6.26 Å². The van der Waals surface area contributed by atoms with Crippen molar-refractivity contribution in [1.82, 2.24) is 15.8 Å². The quantitative estimate of drug-likeness (QED) is 0.623. The molecule has 0 saturated heterocycles. The minimum atomic E-state index is -1.18. The lowest BCUT2D eigenvalue weighted by Gasteiger charge is -2.11. The minimum absolute atomic E-state index is 0.0767. The summed E-state index contributed by atoms with van der Waals surface area (Å²) in [6, 6.07) is -0.149. The fraction of sp³-hybridized carbons (Fsp3) is 0.300. The average molecular weight is 237 g/mol. The maximum absolute atomic E-state index is 11.3. The van der Waals surface area contributed by atoms with Crippen LogP contribution in [-0.2, 0) is 11.3 Å². The summed E-state index contributed by atoms with van der Waals surface area (Å²) in [6.45, 7) is 0.144. The summed E-state index contributed by atoms with van der Waals surface area (Å²) in [6.07, 6.45) is 6.28. The van der Waals surface area contributed by atoms with Crippen LogP contribution in [0.1, 0.15) is 12.1 Å². The minimum Gasteiger partial charge on any atom is -0.480 e. The number of hydrogen-bond acceptors (Lipinski definition) is 4. The third kappa shape index (κ3) is 4.25. The Balaban J connectivity index is 2.37. The van der Waals surface area contributed by atoms with E-state index in [4.69, 9.17) is 11.5 Å². The molecule has 1 heterocycles. The topological polar surface area (TPSA) is 104 Å². The van der Waals surface area contributed by atoms with Crippen LogP contribution < -0.4 is 10.6 Å². The van der Waals surface area contributed by atoms with Gasteiger partial charge in [-0.3, -0.25) is 0 Å². The number of urea groups is 1. The molecule has 1 aromatic rings. The molecular weight excluding hydrogens is 226 g/mol. The third-order valence-electron chi connectivity index (χ3n) is 1.85. The lowest BCUT2D eigenvalue weighted by atomic mass is 10.2. The van der Waals surface area contributed by atoms with Crippen molar-refractivity contribution in [2.45, 2.75) is 19.0 Å². The summed E-state index contributed by atoms with van der Waals surface area (Å²) < 4.78 is 4.56. The first-order valence-corrected chi connectivity index (χ1v) is 4.73. The second kappa shape index (κ2) is 6.17. The molecule has 0 aliphatic rings. The highest BCUT2D eigenvalue weighted by Crippen LogP contribution is 1.94. The van der Waals surface area contributed by atoms with Crippen LogP contribution >= 0.6 is 0 Å². The van der Waals surface area contributed by atoms with E-state index in [0.717, 1.165) is 0 Å². The van der Waals surface area contributed by atoms with Crippen molar-refractivity contribution in [2.24, 2.45) is 0 Å². The van der Waals surface area contributed by atoms with Gasteiger partial charge in [0.2, 0.25) is 0 Å². The maximum atomic E-state index is 11.3. The molecule has 0 aromatic carbocycles. The van der Waals surface area contributed by atoms with Crippen LogP contribution in [0.2, 0.25) is 0 Å². The van der Waals surface area contributed by atoms with Gasteiger partial charge in [-0.2, -0.15) is 0 Å². The number of nitrogens with zero attached hydrogens (tertiary/aromatic N) is 1. The van der Waals surface area contributed by atoms with Crippen molar-refractivity contribution in [1.29, 1.82) is 0 Å². The van der Waals surface area contributed by atoms with Gasteiger partial charge in [0, 0.05) is 12.5 Å². The molecule has 2 amide bonds. The summed E-state index contributed by atoms with van der Waals surface area (Å²) in [7, 11) is 0. The van der Waals surface area contributed by atoms with Crippen LogP contribution in [0.25, 0.3) is 0 Å². The molecule has 1 unspecified atom stereocenters. The van der Waals surface area contributed by atoms with Crippen LogP contribution in [0.3, 0.4) is 0 Å². The van der Waals surface area contributed by atoms with Crippen LogP contribution in [0.4, 0.5) is 4.79 Å². The van der Waals surface area contributed by atoms with Crippen molar-refractivity contribution in [3.8, 4) is 12.3 Å². The highest BCUT2D eigenvalue weighted by molar-refractivity contribution is 5.82. The molecule has 0 bridgehead atoms. The SMILES string of the molecule is C#CCC(NC(=O)NCc1ccon1)C(=O)O. The Hall–Kier alpha value is -2.49. The number of terminal acetylenes is 1. The Morgan fingerprint density at radius 3 is 2.94 bits per heavy atom. The number of hydrogen-bond donors (Lipinski definition) is 3. The first kappa shape index (κ1) is 12.6. The number of carbonyl (C=O) groups excluding carboxylic acids is 1. The zero-order valence-electron chi connectivity index (χ0n) is 8.84. The molecular formula is C10H11N3O4. The standard InChI is InChI=1S/C10H11N3O4/c1-2-3-8(9(14)15)12-10(16)11-6-7-4-5-17-13-7/h1,4-5,8H,3,6H2,(H,14,15)(H2,11,12,16). The van der Waals surface area contributed by atoms with Gasteiger partial charge in [-0.1, -0.05) is 5.16 Å². The Bertz CT molecular complexity index is 421. The van der Waals surface area contributed by atoms with Crippen molar-refractivity contribution in [3.05, 3.63) is 18.0 Å². The molecule has 0 radical (unpaired) electrons. The summed E-state index contributed by atoms with van der Waals surface area (Å²) in [5.74, 6) is 0.992. The predicted molar refractivity (Wildman–Crippen MR) is 56.7 cm³/mol. The van der Waals surface area contributed by atoms with Gasteiger partial charge in [0.05, 0.1) is 6.54 Å². The van der Waals surface area contributed by atoms with E-state index in [1.54, 1.807) is 6.07 Å². The second-order valence-electron chi connectivity index (χ2n) is 3.12. The number of rotatable bonds is 5. The van der Waals surface area contributed by atoms with Gasteiger partial charge in [0.15, 0.2) is 0 Å². The summed E-state index contributed by atoms with van der Waals surface area (Å²) >= 11 is 0. The Morgan fingerprint density at radius 1 is 1.65 bits per heavy atom. The zero-order chi connectivity index (χ0) is 12.7. The summed E-state index contributed by atoms with van der Waals surface area (Å²) in [5.41, 5.74) is 0.531. The number of carbonyl (C=O) groups is 2. The van der Waals surface area contributed by atoms with Crippen molar-refractivity contribution >= 4 is 12.0 Å². The van der Waals surface area contributed by atoms with E-state index in [0.29, 0.717) is 5.69 Å². The van der Waals surface area contributed by atoms with Crippen LogP contribution in [0, 0.1) is 12.3 Å². The van der Waals surface area contributed by atoms with E-state index in [1.807, 2.05) is 0 Å². The number of aromatic nitrogens is 1. The highest BCUT2D eigenvalue weighted by atomic mass is 16.5. The van der Waals surface area contributed by atoms with Gasteiger partial charge in [-0.25, -0.2) is 9.59 Å². The first-order valence-electron chi connectivity index (χ1n) is 4.73. The smallest absolute Gasteiger partial charge is 0.327 e. The molecule has 1 atom stereocenters. The molecule has 7 nitrogen and oxygen atoms in total. The first-order chi connectivity index (χ1) is 8.13. The fourth-order valence-electron chi connectivity index (χ4n) is 1.03. The van der Waals surface area contributed by atoms with Gasteiger partial charge in [-0.05, 0) is 0 Å². The predicted octanol–water partition coefficient (Wildman–Crippen LogP) is -0.0497. The summed E-state index contributed by atoms with van der Waals surface area (Å²) in [5, 5.41) is 17.0. The van der Waals surface area contributed by atoms with Gasteiger partial charge in [-0.15, -0.1) is 12.3 Å². The van der Waals surface area contributed by atoms with Gasteiger partial charge in [0.25, 0.3) is 0 Å². The zero-order valence-corrected chi connectivity index (χ0v) is 8.84. The van der Waals surface area contributed by atoms with Crippen LogP contribution in [0.5, 0.6) is 0 Å². The van der Waals surface area contributed by atoms with Crippen molar-refractivity contribution in [2.75, 3.05) is 0 Å². The monoisotopic (exact) mass is 237 g/mol. The van der Waals surface area contributed by atoms with Crippen molar-refractivity contribution < 1.29 is 19.2 Å². The van der Waals surface area contributed by atoms with Crippen LogP contribution in [0.15, 0.2) is 16.9 Å². The second-order valence-corrected chi connectivity index (χ2v) is 3.12. The molecule has 0 fully saturated rings. The van der Waals surface area contributed by atoms with Crippen molar-refractivity contribution in [3.63, 3.8) is 0 Å². The number of nitrogens with one attached hydrogen (secondary N) is 2. The third-order valence-corrected chi connectivity index (χ3v) is 1.85. The van der Waals surface area contributed by atoms with E-state index < -0.39 is 18.0 Å². The number of carboxylic acid groups (broad SMARTS) is 1. The largest absolute Gasteiger partial charge is 0.480 e. The fourth-order valence-corrected chi connectivity index (χ4v) is 1.03. The molecule has 3 N–H and O–H groups in total. The molecule has 0 spiro atoms. The molecule has 17 heavy (non-hydrogen) atoms. The molecule has 0 saturated carbocycles.